The van der Waals surface area contributed by atoms with Crippen LogP contribution in [-0.2, 0) is 17.7 Å². The summed E-state index contributed by atoms with van der Waals surface area (Å²) in [6.45, 7) is 3.57. The van der Waals surface area contributed by atoms with Crippen molar-refractivity contribution in [2.75, 3.05) is 26.7 Å². The summed E-state index contributed by atoms with van der Waals surface area (Å²) in [5.74, 6) is 2.43. The Labute approximate surface area is 180 Å². The molecule has 7 heteroatoms. The lowest BCUT2D eigenvalue weighted by Crippen LogP contribution is -2.37. The Morgan fingerprint density at radius 2 is 1.89 bits per heavy atom. The van der Waals surface area contributed by atoms with E-state index < -0.39 is 11.3 Å². The zero-order valence-corrected chi connectivity index (χ0v) is 19.1. The summed E-state index contributed by atoms with van der Waals surface area (Å²) in [6.07, 6.45) is 9.14. The number of nitrogens with zero attached hydrogens (tertiary/aromatic N) is 1. The van der Waals surface area contributed by atoms with Gasteiger partial charge in [-0.2, -0.15) is 0 Å². The minimum Gasteiger partial charge on any atom is -0.760 e. The highest BCUT2D eigenvalue weighted by Gasteiger charge is 2.24. The lowest BCUT2D eigenvalue weighted by atomic mass is 9.84. The van der Waals surface area contributed by atoms with Crippen LogP contribution >= 0.6 is 15.9 Å². The third-order valence-electron chi connectivity index (χ3n) is 6.43. The predicted molar refractivity (Wildman–Crippen MR) is 116 cm³/mol. The van der Waals surface area contributed by atoms with Gasteiger partial charge in [0.2, 0.25) is 0 Å². The maximum Gasteiger partial charge on any atom is 0.119 e. The van der Waals surface area contributed by atoms with Crippen LogP contribution in [0.4, 0.5) is 0 Å². The number of rotatable bonds is 8. The Bertz CT molecular complexity index is 645. The Morgan fingerprint density at radius 3 is 2.54 bits per heavy atom. The largest absolute Gasteiger partial charge is 0.760 e. The van der Waals surface area contributed by atoms with Crippen molar-refractivity contribution in [3.63, 3.8) is 0 Å². The fraction of sp³-hybridized carbons (Fsp3) is 0.714. The number of hydrogen-bond acceptors (Lipinski definition) is 4. The molecule has 2 fully saturated rings. The van der Waals surface area contributed by atoms with E-state index >= 15 is 0 Å². The summed E-state index contributed by atoms with van der Waals surface area (Å²) in [7, 11) is 1.72. The number of piperidine rings is 1. The molecule has 1 aliphatic heterocycles. The van der Waals surface area contributed by atoms with Gasteiger partial charge in [0.25, 0.3) is 0 Å². The molecule has 0 bridgehead atoms. The first-order valence-electron chi connectivity index (χ1n) is 10.4. The van der Waals surface area contributed by atoms with Gasteiger partial charge in [-0.1, -0.05) is 15.9 Å². The Hall–Kier alpha value is -0.470. The first kappa shape index (κ1) is 22.2. The highest BCUT2D eigenvalue weighted by atomic mass is 79.9. The fourth-order valence-corrected chi connectivity index (χ4v) is 5.55. The summed E-state index contributed by atoms with van der Waals surface area (Å²) < 4.78 is 30.7. The molecule has 3 rings (SSSR count). The van der Waals surface area contributed by atoms with Crippen molar-refractivity contribution in [3.05, 3.63) is 28.2 Å². The predicted octanol–water partition coefficient (Wildman–Crippen LogP) is 4.04. The van der Waals surface area contributed by atoms with Gasteiger partial charge < -0.3 is 14.2 Å². The third-order valence-corrected chi connectivity index (χ3v) is 7.73. The second-order valence-corrected chi connectivity index (χ2v) is 9.86. The van der Waals surface area contributed by atoms with Crippen LogP contribution in [0.2, 0.25) is 0 Å². The highest BCUT2D eigenvalue weighted by molar-refractivity contribution is 9.10. The van der Waals surface area contributed by atoms with E-state index in [2.05, 4.69) is 37.7 Å². The molecule has 1 aromatic carbocycles. The molecule has 1 unspecified atom stereocenters. The SMILES string of the molecule is COc1ccc(Br)c(CC2CCN(CCC3CCC(NS(=O)[O-])CC3)CC2)c1. The van der Waals surface area contributed by atoms with Crippen molar-refractivity contribution >= 4 is 27.2 Å². The molecule has 1 N–H and O–H groups in total. The van der Waals surface area contributed by atoms with Crippen molar-refractivity contribution in [2.45, 2.75) is 57.4 Å². The molecule has 0 aromatic heterocycles. The summed E-state index contributed by atoms with van der Waals surface area (Å²) in [5.41, 5.74) is 1.35. The average molecular weight is 472 g/mol. The molecule has 28 heavy (non-hydrogen) atoms. The van der Waals surface area contributed by atoms with Crippen molar-refractivity contribution in [1.82, 2.24) is 9.62 Å². The molecule has 0 spiro atoms. The number of methoxy groups -OCH3 is 1. The monoisotopic (exact) mass is 471 g/mol. The molecule has 1 aliphatic carbocycles. The summed E-state index contributed by atoms with van der Waals surface area (Å²) in [6, 6.07) is 6.40. The number of hydrogen-bond donors (Lipinski definition) is 1. The minimum absolute atomic E-state index is 0.154. The highest BCUT2D eigenvalue weighted by Crippen LogP contribution is 2.30. The minimum atomic E-state index is -2.12. The van der Waals surface area contributed by atoms with E-state index in [1.165, 1.54) is 48.9 Å². The van der Waals surface area contributed by atoms with Crippen LogP contribution in [-0.4, -0.2) is 46.4 Å². The summed E-state index contributed by atoms with van der Waals surface area (Å²) >= 11 is 1.56. The quantitative estimate of drug-likeness (QED) is 0.580. The van der Waals surface area contributed by atoms with Gasteiger partial charge >= 0.3 is 0 Å². The molecule has 2 aliphatic rings. The Kier molecular flexibility index (Phi) is 8.78. The van der Waals surface area contributed by atoms with E-state index in [1.54, 1.807) is 7.11 Å². The van der Waals surface area contributed by atoms with Gasteiger partial charge in [-0.25, -0.2) is 4.72 Å². The molecule has 158 valence electrons. The van der Waals surface area contributed by atoms with E-state index in [0.717, 1.165) is 49.7 Å². The van der Waals surface area contributed by atoms with Crippen LogP contribution < -0.4 is 9.46 Å². The summed E-state index contributed by atoms with van der Waals surface area (Å²) in [5, 5.41) is 0. The lowest BCUT2D eigenvalue weighted by molar-refractivity contribution is 0.164. The van der Waals surface area contributed by atoms with Crippen LogP contribution in [0.15, 0.2) is 22.7 Å². The molecule has 5 nitrogen and oxygen atoms in total. The van der Waals surface area contributed by atoms with Gasteiger partial charge in [0.15, 0.2) is 0 Å². The lowest BCUT2D eigenvalue weighted by Gasteiger charge is -2.34. The second kappa shape index (κ2) is 11.1. The van der Waals surface area contributed by atoms with E-state index in [1.807, 2.05) is 6.07 Å². The summed E-state index contributed by atoms with van der Waals surface area (Å²) in [4.78, 5) is 2.62. The van der Waals surface area contributed by atoms with Gasteiger partial charge in [-0.05, 0) is 107 Å². The van der Waals surface area contributed by atoms with Crippen LogP contribution in [0.5, 0.6) is 5.75 Å². The van der Waals surface area contributed by atoms with Crippen LogP contribution in [0, 0.1) is 11.8 Å². The molecular weight excluding hydrogens is 440 g/mol. The van der Waals surface area contributed by atoms with Crippen LogP contribution in [0.1, 0.15) is 50.5 Å². The molecule has 1 heterocycles. The maximum atomic E-state index is 10.7. The van der Waals surface area contributed by atoms with Gasteiger partial charge in [0.05, 0.1) is 7.11 Å². The fourth-order valence-electron chi connectivity index (χ4n) is 4.63. The second-order valence-electron chi connectivity index (χ2n) is 8.31. The van der Waals surface area contributed by atoms with Crippen molar-refractivity contribution in [3.8, 4) is 5.75 Å². The van der Waals surface area contributed by atoms with Crippen LogP contribution in [0.25, 0.3) is 0 Å². The topological polar surface area (TPSA) is 64.6 Å². The number of halogens is 1. The number of nitrogens with one attached hydrogen (secondary N) is 1. The number of likely N-dealkylation sites (tertiary alicyclic amines) is 1. The molecule has 1 aromatic rings. The smallest absolute Gasteiger partial charge is 0.119 e. The van der Waals surface area contributed by atoms with Crippen molar-refractivity contribution < 1.29 is 13.5 Å². The Balaban J connectivity index is 1.35. The number of ether oxygens (including phenoxy) is 1. The molecule has 1 saturated heterocycles. The zero-order chi connectivity index (χ0) is 19.9. The van der Waals surface area contributed by atoms with Gasteiger partial charge in [0.1, 0.15) is 5.75 Å². The zero-order valence-electron chi connectivity index (χ0n) is 16.7. The number of benzene rings is 1. The van der Waals surface area contributed by atoms with Gasteiger partial charge in [-0.15, -0.1) is 0 Å². The van der Waals surface area contributed by atoms with Gasteiger partial charge in [-0.3, -0.25) is 4.21 Å². The normalized spacial score (nSPS) is 25.5. The molecule has 0 radical (unpaired) electrons. The molecular formula is C21H32BrN2O3S-. The van der Waals surface area contributed by atoms with Crippen LogP contribution in [0.3, 0.4) is 0 Å². The van der Waals surface area contributed by atoms with Gasteiger partial charge in [0, 0.05) is 21.8 Å². The molecule has 1 saturated carbocycles. The van der Waals surface area contributed by atoms with E-state index in [9.17, 15) is 8.76 Å². The first-order valence-corrected chi connectivity index (χ1v) is 12.3. The maximum absolute atomic E-state index is 10.7. The van der Waals surface area contributed by atoms with Crippen molar-refractivity contribution in [1.29, 1.82) is 0 Å². The van der Waals surface area contributed by atoms with E-state index in [-0.39, 0.29) is 6.04 Å². The average Bonchev–Trinajstić information content (AvgIpc) is 2.70. The standard InChI is InChI=1S/C21H33BrN2O3S/c1-27-20-6-7-21(22)18(15-20)14-17-9-12-24(13-10-17)11-8-16-2-4-19(5-3-16)23-28(25)26/h6-7,15-17,19,23H,2-5,8-14H2,1H3,(H,25,26)/p-1. The molecule has 1 atom stereocenters. The Morgan fingerprint density at radius 1 is 1.18 bits per heavy atom. The third kappa shape index (κ3) is 6.80. The van der Waals surface area contributed by atoms with Crippen molar-refractivity contribution in [2.24, 2.45) is 11.8 Å². The molecule has 0 amide bonds. The van der Waals surface area contributed by atoms with E-state index in [4.69, 9.17) is 4.74 Å². The first-order chi connectivity index (χ1) is 13.5. The van der Waals surface area contributed by atoms with E-state index in [0.29, 0.717) is 0 Å².